The van der Waals surface area contributed by atoms with Crippen LogP contribution < -0.4 is 5.56 Å². The Kier molecular flexibility index (Phi) is 3.99. The van der Waals surface area contributed by atoms with Crippen molar-refractivity contribution in [1.82, 2.24) is 14.5 Å². The van der Waals surface area contributed by atoms with Gasteiger partial charge in [0.1, 0.15) is 11.5 Å². The summed E-state index contributed by atoms with van der Waals surface area (Å²) in [5.41, 5.74) is 2.33. The molecule has 5 rings (SSSR count). The predicted octanol–water partition coefficient (Wildman–Crippen LogP) is 2.40. The molecule has 27 heavy (non-hydrogen) atoms. The SMILES string of the molecule is O=c1c2ccc(C#Cc3ccccn3)cc2nc2n1CC[C@H]1COC[C@H]1C2. The third kappa shape index (κ3) is 3.02. The first-order valence-corrected chi connectivity index (χ1v) is 9.32. The number of benzene rings is 1. The Morgan fingerprint density at radius 3 is 2.93 bits per heavy atom. The Balaban J connectivity index is 1.56. The fourth-order valence-corrected chi connectivity index (χ4v) is 4.02. The first kappa shape index (κ1) is 16.2. The molecule has 1 saturated heterocycles. The molecule has 1 fully saturated rings. The van der Waals surface area contributed by atoms with Crippen LogP contribution in [0, 0.1) is 23.7 Å². The molecule has 0 amide bonds. The fraction of sp³-hybridized carbons (Fsp3) is 0.318. The van der Waals surface area contributed by atoms with Crippen molar-refractivity contribution in [2.75, 3.05) is 13.2 Å². The monoisotopic (exact) mass is 357 g/mol. The van der Waals surface area contributed by atoms with Gasteiger partial charge in [0.2, 0.25) is 0 Å². The molecular weight excluding hydrogens is 338 g/mol. The molecule has 4 heterocycles. The van der Waals surface area contributed by atoms with Gasteiger partial charge in [-0.25, -0.2) is 9.97 Å². The Morgan fingerprint density at radius 2 is 2.04 bits per heavy atom. The molecule has 2 atom stereocenters. The molecule has 5 nitrogen and oxygen atoms in total. The zero-order valence-corrected chi connectivity index (χ0v) is 14.9. The van der Waals surface area contributed by atoms with Crippen LogP contribution in [-0.4, -0.2) is 27.7 Å². The normalized spacial score (nSPS) is 21.0. The zero-order valence-electron chi connectivity index (χ0n) is 14.9. The molecule has 0 radical (unpaired) electrons. The van der Waals surface area contributed by atoms with Gasteiger partial charge >= 0.3 is 0 Å². The van der Waals surface area contributed by atoms with E-state index in [2.05, 4.69) is 16.8 Å². The van der Waals surface area contributed by atoms with Crippen molar-refractivity contribution in [2.45, 2.75) is 19.4 Å². The quantitative estimate of drug-likeness (QED) is 0.580. The van der Waals surface area contributed by atoms with E-state index >= 15 is 0 Å². The van der Waals surface area contributed by atoms with Gasteiger partial charge in [-0.1, -0.05) is 12.0 Å². The van der Waals surface area contributed by atoms with E-state index in [1.165, 1.54) is 0 Å². The zero-order chi connectivity index (χ0) is 18.2. The van der Waals surface area contributed by atoms with E-state index in [-0.39, 0.29) is 5.56 Å². The van der Waals surface area contributed by atoms with Crippen molar-refractivity contribution in [3.8, 4) is 11.8 Å². The second-order valence-corrected chi connectivity index (χ2v) is 7.23. The topological polar surface area (TPSA) is 57.0 Å². The Labute approximate surface area is 157 Å². The molecule has 3 aromatic rings. The largest absolute Gasteiger partial charge is 0.381 e. The van der Waals surface area contributed by atoms with Crippen LogP contribution in [0.3, 0.4) is 0 Å². The number of aromatic nitrogens is 3. The number of hydrogen-bond donors (Lipinski definition) is 0. The molecule has 0 bridgehead atoms. The molecule has 1 aromatic carbocycles. The maximum absolute atomic E-state index is 13.0. The van der Waals surface area contributed by atoms with Crippen LogP contribution in [0.4, 0.5) is 0 Å². The lowest BCUT2D eigenvalue weighted by Crippen LogP contribution is -2.25. The third-order valence-electron chi connectivity index (χ3n) is 5.53. The van der Waals surface area contributed by atoms with Crippen molar-refractivity contribution < 1.29 is 4.74 Å². The van der Waals surface area contributed by atoms with E-state index in [4.69, 9.17) is 9.72 Å². The highest BCUT2D eigenvalue weighted by atomic mass is 16.5. The molecule has 2 aliphatic heterocycles. The average Bonchev–Trinajstić information content (AvgIpc) is 3.06. The number of rotatable bonds is 0. The predicted molar refractivity (Wildman–Crippen MR) is 102 cm³/mol. The summed E-state index contributed by atoms with van der Waals surface area (Å²) in [5, 5.41) is 0.658. The molecule has 2 aromatic heterocycles. The third-order valence-corrected chi connectivity index (χ3v) is 5.53. The van der Waals surface area contributed by atoms with Crippen LogP contribution in [-0.2, 0) is 17.7 Å². The van der Waals surface area contributed by atoms with Crippen molar-refractivity contribution in [3.05, 3.63) is 70.0 Å². The standard InChI is InChI=1S/C22H19N3O2/c26-22-19-7-5-15(4-6-18-3-1-2-9-23-18)11-20(19)24-21-12-17-14-27-13-16(17)8-10-25(21)22/h1-3,5,7,9,11,16-17H,8,10,12-14H2/t16-,17+/m0/s1. The number of hydrogen-bond acceptors (Lipinski definition) is 4. The fourth-order valence-electron chi connectivity index (χ4n) is 4.02. The highest BCUT2D eigenvalue weighted by Gasteiger charge is 2.32. The molecular formula is C22H19N3O2. The van der Waals surface area contributed by atoms with E-state index in [1.54, 1.807) is 6.20 Å². The lowest BCUT2D eigenvalue weighted by Gasteiger charge is -2.12. The van der Waals surface area contributed by atoms with Crippen molar-refractivity contribution in [1.29, 1.82) is 0 Å². The Morgan fingerprint density at radius 1 is 1.11 bits per heavy atom. The number of ether oxygens (including phenoxy) is 1. The first-order valence-electron chi connectivity index (χ1n) is 9.32. The van der Waals surface area contributed by atoms with E-state index < -0.39 is 0 Å². The Hall–Kier alpha value is -2.97. The lowest BCUT2D eigenvalue weighted by atomic mass is 9.91. The van der Waals surface area contributed by atoms with Crippen molar-refractivity contribution >= 4 is 10.9 Å². The van der Waals surface area contributed by atoms with Crippen LogP contribution in [0.2, 0.25) is 0 Å². The van der Waals surface area contributed by atoms with E-state index in [0.29, 0.717) is 17.2 Å². The van der Waals surface area contributed by atoms with E-state index in [0.717, 1.165) is 55.2 Å². The number of nitrogens with zero attached hydrogens (tertiary/aromatic N) is 3. The summed E-state index contributed by atoms with van der Waals surface area (Å²) in [7, 11) is 0. The first-order chi connectivity index (χ1) is 13.3. The van der Waals surface area contributed by atoms with Gasteiger partial charge in [-0.15, -0.1) is 0 Å². The van der Waals surface area contributed by atoms with Gasteiger partial charge in [0.25, 0.3) is 5.56 Å². The highest BCUT2D eigenvalue weighted by molar-refractivity contribution is 5.79. The van der Waals surface area contributed by atoms with Gasteiger partial charge in [0.15, 0.2) is 0 Å². The summed E-state index contributed by atoms with van der Waals surface area (Å²) >= 11 is 0. The molecule has 0 spiro atoms. The van der Waals surface area contributed by atoms with Gasteiger partial charge < -0.3 is 4.74 Å². The van der Waals surface area contributed by atoms with Crippen LogP contribution in [0.25, 0.3) is 10.9 Å². The molecule has 0 aliphatic carbocycles. The van der Waals surface area contributed by atoms with Gasteiger partial charge in [0.05, 0.1) is 17.5 Å². The number of pyridine rings is 1. The maximum Gasteiger partial charge on any atom is 0.261 e. The minimum absolute atomic E-state index is 0.0557. The van der Waals surface area contributed by atoms with Crippen molar-refractivity contribution in [3.63, 3.8) is 0 Å². The lowest BCUT2D eigenvalue weighted by molar-refractivity contribution is 0.177. The molecule has 2 aliphatic rings. The van der Waals surface area contributed by atoms with Crippen LogP contribution in [0.15, 0.2) is 47.4 Å². The van der Waals surface area contributed by atoms with Gasteiger partial charge in [-0.05, 0) is 54.5 Å². The molecule has 5 heteroatoms. The maximum atomic E-state index is 13.0. The molecule has 0 N–H and O–H groups in total. The van der Waals surface area contributed by atoms with Crippen molar-refractivity contribution in [2.24, 2.45) is 11.8 Å². The summed E-state index contributed by atoms with van der Waals surface area (Å²) in [4.78, 5) is 22.0. The molecule has 0 saturated carbocycles. The van der Waals surface area contributed by atoms with Gasteiger partial charge in [0, 0.05) is 31.3 Å². The minimum Gasteiger partial charge on any atom is -0.381 e. The Bertz CT molecular complexity index is 1130. The van der Waals surface area contributed by atoms with Crippen LogP contribution in [0.5, 0.6) is 0 Å². The average molecular weight is 357 g/mol. The summed E-state index contributed by atoms with van der Waals surface area (Å²) in [6, 6.07) is 11.3. The van der Waals surface area contributed by atoms with Gasteiger partial charge in [-0.2, -0.15) is 0 Å². The van der Waals surface area contributed by atoms with Crippen LogP contribution in [0.1, 0.15) is 23.5 Å². The molecule has 0 unspecified atom stereocenters. The van der Waals surface area contributed by atoms with Crippen LogP contribution >= 0.6 is 0 Å². The summed E-state index contributed by atoms with van der Waals surface area (Å²) in [6.07, 6.45) is 3.51. The van der Waals surface area contributed by atoms with Gasteiger partial charge in [-0.3, -0.25) is 9.36 Å². The van der Waals surface area contributed by atoms with E-state index in [1.807, 2.05) is 41.0 Å². The smallest absolute Gasteiger partial charge is 0.261 e. The summed E-state index contributed by atoms with van der Waals surface area (Å²) in [5.74, 6) is 8.05. The highest BCUT2D eigenvalue weighted by Crippen LogP contribution is 2.30. The minimum atomic E-state index is 0.0557. The summed E-state index contributed by atoms with van der Waals surface area (Å²) in [6.45, 7) is 2.30. The summed E-state index contributed by atoms with van der Waals surface area (Å²) < 4.78 is 7.49. The second kappa shape index (κ2) is 6.64. The second-order valence-electron chi connectivity index (χ2n) is 7.23. The number of fused-ring (bicyclic) bond motifs is 3. The molecule has 134 valence electrons. The van der Waals surface area contributed by atoms with E-state index in [9.17, 15) is 4.79 Å².